The van der Waals surface area contributed by atoms with E-state index in [1.165, 1.54) is 0 Å². The van der Waals surface area contributed by atoms with Crippen LogP contribution in [0.3, 0.4) is 0 Å². The van der Waals surface area contributed by atoms with Gasteiger partial charge in [0.25, 0.3) is 0 Å². The van der Waals surface area contributed by atoms with Crippen LogP contribution in [0.5, 0.6) is 5.75 Å². The van der Waals surface area contributed by atoms with Gasteiger partial charge in [0.05, 0.1) is 26.0 Å². The molecule has 5 heteroatoms. The maximum atomic E-state index is 5.67. The summed E-state index contributed by atoms with van der Waals surface area (Å²) in [4.78, 5) is 4.38. The first-order valence-electron chi connectivity index (χ1n) is 6.14. The fourth-order valence-corrected chi connectivity index (χ4v) is 1.86. The highest BCUT2D eigenvalue weighted by Crippen LogP contribution is 2.14. The number of hydrogen-bond acceptors (Lipinski definition) is 4. The maximum absolute atomic E-state index is 5.67. The molecule has 104 valence electrons. The Hall–Kier alpha value is -1.98. The molecule has 0 atom stereocenters. The van der Waals surface area contributed by atoms with Crippen LogP contribution in [0.4, 0.5) is 0 Å². The Morgan fingerprint density at radius 2 is 1.95 bits per heavy atom. The Bertz CT molecular complexity index is 602. The van der Waals surface area contributed by atoms with Gasteiger partial charge < -0.3 is 15.2 Å². The van der Waals surface area contributed by atoms with E-state index in [4.69, 9.17) is 27.4 Å². The van der Waals surface area contributed by atoms with Crippen LogP contribution in [0.2, 0.25) is 0 Å². The smallest absolute Gasteiger partial charge is 0.122 e. The molecule has 0 aliphatic rings. The van der Waals surface area contributed by atoms with E-state index >= 15 is 0 Å². The number of nitrogens with zero attached hydrogens (tertiary/aromatic N) is 1. The summed E-state index contributed by atoms with van der Waals surface area (Å²) in [6, 6.07) is 11.5. The monoisotopic (exact) mass is 288 g/mol. The molecule has 20 heavy (non-hydrogen) atoms. The van der Waals surface area contributed by atoms with Gasteiger partial charge in [-0.2, -0.15) is 0 Å². The lowest BCUT2D eigenvalue weighted by atomic mass is 10.2. The number of pyridine rings is 1. The van der Waals surface area contributed by atoms with Gasteiger partial charge in [0.2, 0.25) is 0 Å². The molecule has 0 fully saturated rings. The quantitative estimate of drug-likeness (QED) is 0.827. The van der Waals surface area contributed by atoms with Crippen molar-refractivity contribution in [3.8, 4) is 5.75 Å². The van der Waals surface area contributed by atoms with E-state index in [9.17, 15) is 0 Å². The predicted molar refractivity (Wildman–Crippen MR) is 81.6 cm³/mol. The molecule has 2 aromatic rings. The molecule has 0 unspecified atom stereocenters. The molecule has 1 aromatic heterocycles. The molecule has 1 heterocycles. The molecule has 0 aliphatic carbocycles. The molecule has 0 bridgehead atoms. The van der Waals surface area contributed by atoms with Crippen molar-refractivity contribution in [2.75, 3.05) is 7.11 Å². The Morgan fingerprint density at radius 3 is 2.65 bits per heavy atom. The van der Waals surface area contributed by atoms with E-state index in [2.05, 4.69) is 4.98 Å². The molecule has 1 aromatic carbocycles. The number of nitrogens with two attached hydrogens (primary N) is 1. The number of aromatic nitrogens is 1. The van der Waals surface area contributed by atoms with Crippen molar-refractivity contribution in [3.05, 3.63) is 59.4 Å². The van der Waals surface area contributed by atoms with E-state index in [1.54, 1.807) is 13.3 Å². The van der Waals surface area contributed by atoms with Gasteiger partial charge in [-0.15, -0.1) is 0 Å². The van der Waals surface area contributed by atoms with E-state index in [1.807, 2.05) is 36.4 Å². The Labute approximate surface area is 123 Å². The summed E-state index contributed by atoms with van der Waals surface area (Å²) < 4.78 is 10.8. The van der Waals surface area contributed by atoms with E-state index in [-0.39, 0.29) is 0 Å². The molecular formula is C15H16N2O2S. The number of rotatable bonds is 6. The summed E-state index contributed by atoms with van der Waals surface area (Å²) in [5, 5.41) is 0. The normalized spacial score (nSPS) is 10.2. The first-order valence-corrected chi connectivity index (χ1v) is 6.55. The number of methoxy groups -OCH3 is 1. The van der Waals surface area contributed by atoms with Gasteiger partial charge in [-0.3, -0.25) is 4.98 Å². The molecule has 0 radical (unpaired) electrons. The minimum atomic E-state index is 0.291. The van der Waals surface area contributed by atoms with Crippen LogP contribution in [0.1, 0.15) is 16.8 Å². The lowest BCUT2D eigenvalue weighted by molar-refractivity contribution is 0.107. The Morgan fingerprint density at radius 1 is 1.20 bits per heavy atom. The minimum absolute atomic E-state index is 0.291. The fourth-order valence-electron chi connectivity index (χ4n) is 1.75. The van der Waals surface area contributed by atoms with Crippen LogP contribution in [-0.2, 0) is 18.0 Å². The third-order valence-electron chi connectivity index (χ3n) is 2.75. The third-order valence-corrected chi connectivity index (χ3v) is 2.96. The molecule has 2 N–H and O–H groups in total. The van der Waals surface area contributed by atoms with Gasteiger partial charge in [0.1, 0.15) is 10.7 Å². The van der Waals surface area contributed by atoms with Crippen LogP contribution in [-0.4, -0.2) is 17.1 Å². The maximum Gasteiger partial charge on any atom is 0.122 e. The zero-order valence-corrected chi connectivity index (χ0v) is 12.0. The van der Waals surface area contributed by atoms with Gasteiger partial charge in [0.15, 0.2) is 0 Å². The minimum Gasteiger partial charge on any atom is -0.497 e. The summed E-state index contributed by atoms with van der Waals surface area (Å²) in [5.41, 5.74) is 8.22. The van der Waals surface area contributed by atoms with Crippen molar-refractivity contribution < 1.29 is 9.47 Å². The number of hydrogen-bond donors (Lipinski definition) is 1. The molecule has 0 amide bonds. The highest BCUT2D eigenvalue weighted by Gasteiger charge is 2.01. The summed E-state index contributed by atoms with van der Waals surface area (Å²) >= 11 is 4.90. The lowest BCUT2D eigenvalue weighted by Crippen LogP contribution is -2.11. The van der Waals surface area contributed by atoms with Crippen LogP contribution < -0.4 is 10.5 Å². The molecule has 0 saturated heterocycles. The lowest BCUT2D eigenvalue weighted by Gasteiger charge is -2.07. The van der Waals surface area contributed by atoms with Crippen LogP contribution >= 0.6 is 12.2 Å². The first kappa shape index (κ1) is 14.4. The molecule has 0 spiro atoms. The average molecular weight is 288 g/mol. The third kappa shape index (κ3) is 4.01. The second-order valence-electron chi connectivity index (χ2n) is 4.26. The molecule has 0 aliphatic heterocycles. The highest BCUT2D eigenvalue weighted by molar-refractivity contribution is 7.80. The van der Waals surface area contributed by atoms with E-state index in [0.717, 1.165) is 16.9 Å². The van der Waals surface area contributed by atoms with Crippen molar-refractivity contribution >= 4 is 17.2 Å². The standard InChI is InChI=1S/C15H16N2O2S/c1-18-13-4-2-3-11(7-13)9-19-10-12-5-6-17-14(8-12)15(16)20/h2-8H,9-10H2,1H3,(H2,16,20). The first-order chi connectivity index (χ1) is 9.69. The van der Waals surface area contributed by atoms with E-state index in [0.29, 0.717) is 23.9 Å². The van der Waals surface area contributed by atoms with Crippen molar-refractivity contribution in [2.45, 2.75) is 13.2 Å². The largest absolute Gasteiger partial charge is 0.497 e. The van der Waals surface area contributed by atoms with Crippen molar-refractivity contribution in [3.63, 3.8) is 0 Å². The predicted octanol–water partition coefficient (Wildman–Crippen LogP) is 2.44. The molecule has 4 nitrogen and oxygen atoms in total. The molecule has 2 rings (SSSR count). The van der Waals surface area contributed by atoms with Gasteiger partial charge in [-0.05, 0) is 35.4 Å². The van der Waals surface area contributed by atoms with Crippen LogP contribution in [0.25, 0.3) is 0 Å². The second kappa shape index (κ2) is 6.98. The van der Waals surface area contributed by atoms with Crippen LogP contribution in [0.15, 0.2) is 42.6 Å². The van der Waals surface area contributed by atoms with E-state index < -0.39 is 0 Å². The fraction of sp³-hybridized carbons (Fsp3) is 0.200. The van der Waals surface area contributed by atoms with Gasteiger partial charge in [-0.1, -0.05) is 24.4 Å². The van der Waals surface area contributed by atoms with Gasteiger partial charge in [0, 0.05) is 6.20 Å². The van der Waals surface area contributed by atoms with Gasteiger partial charge in [-0.25, -0.2) is 0 Å². The Balaban J connectivity index is 1.92. The van der Waals surface area contributed by atoms with Crippen molar-refractivity contribution in [1.82, 2.24) is 4.98 Å². The highest BCUT2D eigenvalue weighted by atomic mass is 32.1. The summed E-state index contributed by atoms with van der Waals surface area (Å²) in [5.74, 6) is 0.825. The number of thiocarbonyl (C=S) groups is 1. The SMILES string of the molecule is COc1cccc(COCc2ccnc(C(N)=S)c2)c1. The summed E-state index contributed by atoms with van der Waals surface area (Å²) in [7, 11) is 1.65. The average Bonchev–Trinajstić information content (AvgIpc) is 2.48. The molecular weight excluding hydrogens is 272 g/mol. The van der Waals surface area contributed by atoms with Crippen LogP contribution in [0, 0.1) is 0 Å². The summed E-state index contributed by atoms with van der Waals surface area (Å²) in [6.07, 6.45) is 1.68. The Kier molecular flexibility index (Phi) is 5.03. The van der Waals surface area contributed by atoms with Crippen molar-refractivity contribution in [1.29, 1.82) is 0 Å². The van der Waals surface area contributed by atoms with Gasteiger partial charge >= 0.3 is 0 Å². The number of ether oxygens (including phenoxy) is 2. The summed E-state index contributed by atoms with van der Waals surface area (Å²) in [6.45, 7) is 0.997. The topological polar surface area (TPSA) is 57.4 Å². The zero-order valence-electron chi connectivity index (χ0n) is 11.2. The number of benzene rings is 1. The van der Waals surface area contributed by atoms with Crippen molar-refractivity contribution in [2.24, 2.45) is 5.73 Å². The second-order valence-corrected chi connectivity index (χ2v) is 4.70. The zero-order chi connectivity index (χ0) is 14.4. The molecule has 0 saturated carbocycles.